The van der Waals surface area contributed by atoms with Crippen LogP contribution < -0.4 is 5.32 Å². The predicted octanol–water partition coefficient (Wildman–Crippen LogP) is 4.52. The maximum absolute atomic E-state index is 14.8. The average molecular weight is 486 g/mol. The molecular weight excluding hydrogens is 453 g/mol. The number of hydrogen-bond acceptors (Lipinski definition) is 7. The summed E-state index contributed by atoms with van der Waals surface area (Å²) in [5.41, 5.74) is 0.125. The second kappa shape index (κ2) is 9.52. The van der Waals surface area contributed by atoms with Gasteiger partial charge in [-0.3, -0.25) is 20.5 Å². The molecule has 3 fully saturated rings. The molecule has 2 aliphatic heterocycles. The number of nitrogens with one attached hydrogen (secondary N) is 2. The lowest BCUT2D eigenvalue weighted by Crippen LogP contribution is -2.49. The Kier molecular flexibility index (Phi) is 6.43. The molecule has 188 valence electrons. The van der Waals surface area contributed by atoms with Crippen molar-refractivity contribution < 1.29 is 14.1 Å². The van der Waals surface area contributed by atoms with E-state index in [1.54, 1.807) is 12.3 Å². The van der Waals surface area contributed by atoms with E-state index in [9.17, 15) is 14.5 Å². The first kappa shape index (κ1) is 23.7. The van der Waals surface area contributed by atoms with Crippen LogP contribution in [0.1, 0.15) is 63.7 Å². The van der Waals surface area contributed by atoms with Crippen molar-refractivity contribution >= 4 is 17.2 Å². The van der Waals surface area contributed by atoms with Gasteiger partial charge in [0, 0.05) is 38.1 Å². The van der Waals surface area contributed by atoms with Gasteiger partial charge < -0.3 is 15.0 Å². The number of anilines is 1. The Morgan fingerprint density at radius 2 is 2.17 bits per heavy atom. The van der Waals surface area contributed by atoms with Crippen LogP contribution >= 0.6 is 0 Å². The minimum Gasteiger partial charge on any atom is -0.381 e. The van der Waals surface area contributed by atoms with Gasteiger partial charge in [-0.15, -0.1) is 0 Å². The Morgan fingerprint density at radius 3 is 2.80 bits per heavy atom. The van der Waals surface area contributed by atoms with Gasteiger partial charge in [-0.1, -0.05) is 6.92 Å². The average Bonchev–Trinajstić information content (AvgIpc) is 3.27. The van der Waals surface area contributed by atoms with Crippen molar-refractivity contribution in [2.75, 3.05) is 31.6 Å². The zero-order valence-corrected chi connectivity index (χ0v) is 20.0. The molecule has 10 nitrogen and oxygen atoms in total. The summed E-state index contributed by atoms with van der Waals surface area (Å²) in [6.45, 7) is 4.47. The highest BCUT2D eigenvalue weighted by molar-refractivity contribution is 6.02. The molecule has 1 aliphatic carbocycles. The Labute approximate surface area is 203 Å². The van der Waals surface area contributed by atoms with Crippen LogP contribution in [0.4, 0.5) is 15.8 Å². The Hall–Kier alpha value is -3.08. The van der Waals surface area contributed by atoms with Crippen LogP contribution in [0.3, 0.4) is 0 Å². The summed E-state index contributed by atoms with van der Waals surface area (Å²) in [5, 5.41) is 28.2. The first-order valence-electron chi connectivity index (χ1n) is 12.5. The lowest BCUT2D eigenvalue weighted by atomic mass is 9.82. The summed E-state index contributed by atoms with van der Waals surface area (Å²) < 4.78 is 22.1. The van der Waals surface area contributed by atoms with Crippen LogP contribution in [-0.4, -0.2) is 62.3 Å². The molecule has 3 aliphatic rings. The van der Waals surface area contributed by atoms with Gasteiger partial charge in [0.2, 0.25) is 0 Å². The molecule has 0 spiro atoms. The Balaban J connectivity index is 1.47. The molecule has 35 heavy (non-hydrogen) atoms. The highest BCUT2D eigenvalue weighted by atomic mass is 19.1. The van der Waals surface area contributed by atoms with E-state index in [-0.39, 0.29) is 24.2 Å². The van der Waals surface area contributed by atoms with Gasteiger partial charge >= 0.3 is 5.69 Å². The number of ether oxygens (including phenoxy) is 1. The molecule has 1 atom stereocenters. The van der Waals surface area contributed by atoms with Gasteiger partial charge in [0.1, 0.15) is 23.9 Å². The zero-order valence-electron chi connectivity index (χ0n) is 20.0. The molecule has 2 aromatic rings. The second-order valence-electron chi connectivity index (χ2n) is 9.92. The third-order valence-electron chi connectivity index (χ3n) is 7.46. The standard InChI is InChI=1S/C24H32FN7O3/c1-2-16-12-30(13-16)23(26)17-11-27-19(10-18(17)28-15-24(25)7-5-8-24)22-20(32(33)34)14-31(29-22)21-6-3-4-9-35-21/h10-11,14,16,21,26H,2-9,12-13,15H2,1H3,(H,27,28). The van der Waals surface area contributed by atoms with Crippen LogP contribution in [0.15, 0.2) is 18.5 Å². The lowest BCUT2D eigenvalue weighted by molar-refractivity contribution is -0.384. The largest absolute Gasteiger partial charge is 0.381 e. The third-order valence-corrected chi connectivity index (χ3v) is 7.46. The number of likely N-dealkylation sites (tertiary alicyclic amines) is 1. The molecule has 2 aromatic heterocycles. The van der Waals surface area contributed by atoms with Crippen molar-refractivity contribution in [3.8, 4) is 11.4 Å². The van der Waals surface area contributed by atoms with Crippen LogP contribution in [-0.2, 0) is 4.74 Å². The molecule has 2 N–H and O–H groups in total. The van der Waals surface area contributed by atoms with Gasteiger partial charge in [0.05, 0.1) is 16.2 Å². The Bertz CT molecular complexity index is 1100. The summed E-state index contributed by atoms with van der Waals surface area (Å²) in [6.07, 6.45) is 8.20. The predicted molar refractivity (Wildman–Crippen MR) is 129 cm³/mol. The summed E-state index contributed by atoms with van der Waals surface area (Å²) >= 11 is 0. The fourth-order valence-electron chi connectivity index (χ4n) is 4.87. The monoisotopic (exact) mass is 485 g/mol. The van der Waals surface area contributed by atoms with Crippen molar-refractivity contribution in [3.63, 3.8) is 0 Å². The van der Waals surface area contributed by atoms with Crippen molar-refractivity contribution in [3.05, 3.63) is 34.1 Å². The maximum Gasteiger partial charge on any atom is 0.316 e. The molecule has 4 heterocycles. The SMILES string of the molecule is CCC1CN(C(=N)c2cnc(-c3nn(C4CCCCO4)cc3[N+](=O)[O-])cc2NCC2(F)CCC2)C1. The van der Waals surface area contributed by atoms with E-state index in [0.29, 0.717) is 48.1 Å². The molecule has 2 saturated heterocycles. The molecule has 5 rings (SSSR count). The minimum absolute atomic E-state index is 0.126. The second-order valence-corrected chi connectivity index (χ2v) is 9.92. The number of hydrogen-bond donors (Lipinski definition) is 2. The molecule has 0 aromatic carbocycles. The lowest BCUT2D eigenvalue weighted by Gasteiger charge is -2.41. The van der Waals surface area contributed by atoms with Gasteiger partial charge in [0.25, 0.3) is 0 Å². The molecule has 0 amide bonds. The van der Waals surface area contributed by atoms with Crippen molar-refractivity contribution in [2.45, 2.75) is 63.8 Å². The highest BCUT2D eigenvalue weighted by Crippen LogP contribution is 2.37. The smallest absolute Gasteiger partial charge is 0.316 e. The van der Waals surface area contributed by atoms with Gasteiger partial charge in [-0.25, -0.2) is 9.07 Å². The first-order valence-corrected chi connectivity index (χ1v) is 12.5. The van der Waals surface area contributed by atoms with E-state index < -0.39 is 10.6 Å². The minimum atomic E-state index is -1.27. The summed E-state index contributed by atoms with van der Waals surface area (Å²) in [5.74, 6) is 0.894. The van der Waals surface area contributed by atoms with Crippen molar-refractivity contribution in [1.82, 2.24) is 19.7 Å². The van der Waals surface area contributed by atoms with E-state index in [0.717, 1.165) is 45.2 Å². The molecule has 0 bridgehead atoms. The Morgan fingerprint density at radius 1 is 1.37 bits per heavy atom. The summed E-state index contributed by atoms with van der Waals surface area (Å²) in [6, 6.07) is 1.66. The van der Waals surface area contributed by atoms with Crippen LogP contribution in [0.25, 0.3) is 11.4 Å². The van der Waals surface area contributed by atoms with E-state index >= 15 is 0 Å². The van der Waals surface area contributed by atoms with E-state index in [1.165, 1.54) is 10.9 Å². The number of nitrogens with zero attached hydrogens (tertiary/aromatic N) is 5. The van der Waals surface area contributed by atoms with Crippen molar-refractivity contribution in [2.24, 2.45) is 5.92 Å². The third kappa shape index (κ3) is 4.73. The van der Waals surface area contributed by atoms with Gasteiger partial charge in [0.15, 0.2) is 5.69 Å². The van der Waals surface area contributed by atoms with E-state index in [1.807, 2.05) is 4.90 Å². The summed E-state index contributed by atoms with van der Waals surface area (Å²) in [4.78, 5) is 17.8. The molecular formula is C24H32FN7O3. The van der Waals surface area contributed by atoms with E-state index in [2.05, 4.69) is 22.3 Å². The van der Waals surface area contributed by atoms with Gasteiger partial charge in [-0.2, -0.15) is 5.10 Å². The highest BCUT2D eigenvalue weighted by Gasteiger charge is 2.37. The topological polar surface area (TPSA) is 122 Å². The zero-order chi connectivity index (χ0) is 24.6. The normalized spacial score (nSPS) is 21.8. The number of amidine groups is 1. The first-order chi connectivity index (χ1) is 16.9. The fourth-order valence-corrected chi connectivity index (χ4v) is 4.87. The number of rotatable bonds is 8. The number of aromatic nitrogens is 3. The summed E-state index contributed by atoms with van der Waals surface area (Å²) in [7, 11) is 0. The maximum atomic E-state index is 14.8. The quantitative estimate of drug-likeness (QED) is 0.244. The number of pyridine rings is 1. The van der Waals surface area contributed by atoms with Crippen LogP contribution in [0, 0.1) is 21.4 Å². The van der Waals surface area contributed by atoms with Crippen LogP contribution in [0.5, 0.6) is 0 Å². The van der Waals surface area contributed by atoms with E-state index in [4.69, 9.17) is 10.1 Å². The molecule has 0 radical (unpaired) electrons. The fraction of sp³-hybridized carbons (Fsp3) is 0.625. The molecule has 1 unspecified atom stereocenters. The molecule has 1 saturated carbocycles. The number of nitro groups is 1. The van der Waals surface area contributed by atoms with Crippen LogP contribution in [0.2, 0.25) is 0 Å². The molecule has 11 heteroatoms. The van der Waals surface area contributed by atoms with Crippen molar-refractivity contribution in [1.29, 1.82) is 5.41 Å². The number of halogens is 1. The number of alkyl halides is 1. The van der Waals surface area contributed by atoms with Gasteiger partial charge in [-0.05, 0) is 56.9 Å².